The van der Waals surface area contributed by atoms with Gasteiger partial charge in [0.25, 0.3) is 10.2 Å². The van der Waals surface area contributed by atoms with E-state index in [-0.39, 0.29) is 12.0 Å². The summed E-state index contributed by atoms with van der Waals surface area (Å²) in [7, 11) is -1.85. The topological polar surface area (TPSA) is 66.6 Å². The molecule has 1 aliphatic rings. The number of piperidine rings is 1. The molecule has 0 aromatic heterocycles. The number of rotatable bonds is 5. The highest BCUT2D eigenvalue weighted by atomic mass is 35.5. The van der Waals surface area contributed by atoms with E-state index in [1.54, 1.807) is 23.5 Å². The van der Waals surface area contributed by atoms with Crippen LogP contribution in [0, 0.1) is 5.92 Å². The largest absolute Gasteiger partial charge is 0.328 e. The summed E-state index contributed by atoms with van der Waals surface area (Å²) in [5.41, 5.74) is 6.85. The van der Waals surface area contributed by atoms with Gasteiger partial charge >= 0.3 is 0 Å². The minimum atomic E-state index is -3.46. The summed E-state index contributed by atoms with van der Waals surface area (Å²) in [4.78, 5) is 0. The van der Waals surface area contributed by atoms with Crippen LogP contribution in [-0.4, -0.2) is 43.2 Å². The van der Waals surface area contributed by atoms with E-state index in [1.807, 2.05) is 19.1 Å². The SMILES string of the molecule is C[C@@H](N)[C@@H]1CCCN(S(=O)(=O)N(C)Cc2ccc(Cl)cc2)C1. The third-order valence-corrected chi connectivity index (χ3v) is 6.36. The lowest BCUT2D eigenvalue weighted by molar-refractivity contribution is 0.231. The van der Waals surface area contributed by atoms with E-state index in [2.05, 4.69) is 0 Å². The number of benzene rings is 1. The molecule has 0 unspecified atom stereocenters. The fourth-order valence-electron chi connectivity index (χ4n) is 2.74. The summed E-state index contributed by atoms with van der Waals surface area (Å²) >= 11 is 5.85. The van der Waals surface area contributed by atoms with Crippen molar-refractivity contribution < 1.29 is 8.42 Å². The highest BCUT2D eigenvalue weighted by Crippen LogP contribution is 2.23. The van der Waals surface area contributed by atoms with Crippen molar-refractivity contribution in [2.45, 2.75) is 32.4 Å². The van der Waals surface area contributed by atoms with Crippen LogP contribution in [-0.2, 0) is 16.8 Å². The third kappa shape index (κ3) is 4.20. The Morgan fingerprint density at radius 3 is 2.64 bits per heavy atom. The van der Waals surface area contributed by atoms with Gasteiger partial charge in [-0.3, -0.25) is 0 Å². The van der Waals surface area contributed by atoms with Gasteiger partial charge in [0.1, 0.15) is 0 Å². The maximum atomic E-state index is 12.7. The van der Waals surface area contributed by atoms with Crippen molar-refractivity contribution in [3.63, 3.8) is 0 Å². The Morgan fingerprint density at radius 2 is 2.05 bits per heavy atom. The van der Waals surface area contributed by atoms with Crippen molar-refractivity contribution in [3.8, 4) is 0 Å². The second-order valence-corrected chi connectivity index (χ2v) is 8.48. The molecule has 2 atom stereocenters. The fraction of sp³-hybridized carbons (Fsp3) is 0.600. The average molecular weight is 346 g/mol. The van der Waals surface area contributed by atoms with E-state index >= 15 is 0 Å². The lowest BCUT2D eigenvalue weighted by Crippen LogP contribution is -2.49. The van der Waals surface area contributed by atoms with Crippen molar-refractivity contribution in [2.75, 3.05) is 20.1 Å². The predicted octanol–water partition coefficient (Wildman–Crippen LogP) is 2.08. The molecule has 0 spiro atoms. The highest BCUT2D eigenvalue weighted by molar-refractivity contribution is 7.86. The maximum absolute atomic E-state index is 12.7. The highest BCUT2D eigenvalue weighted by Gasteiger charge is 2.32. The average Bonchev–Trinajstić information content (AvgIpc) is 2.49. The van der Waals surface area contributed by atoms with Crippen LogP contribution in [0.4, 0.5) is 0 Å². The summed E-state index contributed by atoms with van der Waals surface area (Å²) in [6.45, 7) is 3.35. The Hall–Kier alpha value is -0.660. The van der Waals surface area contributed by atoms with E-state index in [4.69, 9.17) is 17.3 Å². The molecule has 2 rings (SSSR count). The van der Waals surface area contributed by atoms with Gasteiger partial charge in [0.2, 0.25) is 0 Å². The van der Waals surface area contributed by atoms with Crippen LogP contribution in [0.5, 0.6) is 0 Å². The monoisotopic (exact) mass is 345 g/mol. The summed E-state index contributed by atoms with van der Waals surface area (Å²) < 4.78 is 28.4. The van der Waals surface area contributed by atoms with Gasteiger partial charge in [-0.1, -0.05) is 23.7 Å². The summed E-state index contributed by atoms with van der Waals surface area (Å²) in [6.07, 6.45) is 1.85. The van der Waals surface area contributed by atoms with Gasteiger partial charge < -0.3 is 5.73 Å². The molecule has 5 nitrogen and oxygen atoms in total. The zero-order chi connectivity index (χ0) is 16.3. The van der Waals surface area contributed by atoms with Crippen LogP contribution >= 0.6 is 11.6 Å². The van der Waals surface area contributed by atoms with Gasteiger partial charge in [0.15, 0.2) is 0 Å². The first-order valence-corrected chi connectivity index (χ1v) is 9.29. The smallest absolute Gasteiger partial charge is 0.282 e. The molecule has 1 aromatic rings. The van der Waals surface area contributed by atoms with Gasteiger partial charge in [-0.2, -0.15) is 17.0 Å². The van der Waals surface area contributed by atoms with Crippen LogP contribution in [0.15, 0.2) is 24.3 Å². The van der Waals surface area contributed by atoms with Crippen LogP contribution in [0.1, 0.15) is 25.3 Å². The van der Waals surface area contributed by atoms with Gasteiger partial charge in [-0.15, -0.1) is 0 Å². The number of hydrogen-bond acceptors (Lipinski definition) is 3. The number of hydrogen-bond donors (Lipinski definition) is 1. The molecule has 1 saturated heterocycles. The quantitative estimate of drug-likeness (QED) is 0.888. The molecular formula is C15H24ClN3O2S. The summed E-state index contributed by atoms with van der Waals surface area (Å²) in [5, 5.41) is 0.644. The van der Waals surface area contributed by atoms with E-state index in [0.717, 1.165) is 18.4 Å². The first kappa shape index (κ1) is 17.7. The lowest BCUT2D eigenvalue weighted by Gasteiger charge is -2.35. The van der Waals surface area contributed by atoms with E-state index < -0.39 is 10.2 Å². The van der Waals surface area contributed by atoms with Crippen LogP contribution in [0.25, 0.3) is 0 Å². The van der Waals surface area contributed by atoms with Crippen molar-refractivity contribution in [1.29, 1.82) is 0 Å². The van der Waals surface area contributed by atoms with E-state index in [1.165, 1.54) is 4.31 Å². The molecule has 0 radical (unpaired) electrons. The van der Waals surface area contributed by atoms with Gasteiger partial charge in [-0.05, 0) is 43.4 Å². The molecule has 1 aliphatic heterocycles. The molecule has 2 N–H and O–H groups in total. The Labute approximate surface area is 138 Å². The molecule has 1 heterocycles. The molecule has 1 aromatic carbocycles. The van der Waals surface area contributed by atoms with Crippen molar-refractivity contribution >= 4 is 21.8 Å². The minimum absolute atomic E-state index is 0.0135. The Bertz CT molecular complexity index is 589. The zero-order valence-corrected chi connectivity index (χ0v) is 14.6. The summed E-state index contributed by atoms with van der Waals surface area (Å²) in [6, 6.07) is 7.24. The molecule has 0 amide bonds. The fourth-order valence-corrected chi connectivity index (χ4v) is 4.31. The van der Waals surface area contributed by atoms with Crippen LogP contribution < -0.4 is 5.73 Å². The molecule has 1 fully saturated rings. The molecule has 22 heavy (non-hydrogen) atoms. The maximum Gasteiger partial charge on any atom is 0.282 e. The second kappa shape index (κ2) is 7.27. The molecule has 7 heteroatoms. The third-order valence-electron chi connectivity index (χ3n) is 4.20. The summed E-state index contributed by atoms with van der Waals surface area (Å²) in [5.74, 6) is 0.229. The Kier molecular flexibility index (Phi) is 5.85. The minimum Gasteiger partial charge on any atom is -0.328 e. The van der Waals surface area contributed by atoms with Crippen molar-refractivity contribution in [3.05, 3.63) is 34.9 Å². The molecule has 0 saturated carbocycles. The zero-order valence-electron chi connectivity index (χ0n) is 13.1. The van der Waals surface area contributed by atoms with Crippen molar-refractivity contribution in [1.82, 2.24) is 8.61 Å². The lowest BCUT2D eigenvalue weighted by atomic mass is 9.93. The van der Waals surface area contributed by atoms with Crippen LogP contribution in [0.2, 0.25) is 5.02 Å². The second-order valence-electron chi connectivity index (χ2n) is 6.01. The van der Waals surface area contributed by atoms with Gasteiger partial charge in [0.05, 0.1) is 0 Å². The Balaban J connectivity index is 2.06. The normalized spacial score (nSPS) is 22.0. The Morgan fingerprint density at radius 1 is 1.41 bits per heavy atom. The first-order chi connectivity index (χ1) is 10.3. The van der Waals surface area contributed by atoms with Crippen molar-refractivity contribution in [2.24, 2.45) is 11.7 Å². The van der Waals surface area contributed by atoms with E-state index in [0.29, 0.717) is 24.7 Å². The molecule has 0 bridgehead atoms. The number of nitrogens with two attached hydrogens (primary N) is 1. The first-order valence-electron chi connectivity index (χ1n) is 7.52. The number of halogens is 1. The molecule has 0 aliphatic carbocycles. The molecular weight excluding hydrogens is 322 g/mol. The standard InChI is InChI=1S/C15H24ClN3O2S/c1-12(17)14-4-3-9-19(11-14)22(20,21)18(2)10-13-5-7-15(16)8-6-13/h5-8,12,14H,3-4,9-11,17H2,1-2H3/t12-,14-/m1/s1. The van der Waals surface area contributed by atoms with Gasteiger partial charge in [0, 0.05) is 37.7 Å². The number of nitrogens with zero attached hydrogens (tertiary/aromatic N) is 2. The van der Waals surface area contributed by atoms with Gasteiger partial charge in [-0.25, -0.2) is 0 Å². The van der Waals surface area contributed by atoms with E-state index in [9.17, 15) is 8.42 Å². The molecule has 124 valence electrons. The van der Waals surface area contributed by atoms with Crippen LogP contribution in [0.3, 0.4) is 0 Å². The predicted molar refractivity (Wildman–Crippen MR) is 89.8 cm³/mol.